The maximum Gasteiger partial charge on any atom is 0.246 e. The van der Waals surface area contributed by atoms with E-state index in [1.807, 2.05) is 36.5 Å². The lowest BCUT2D eigenvalue weighted by Gasteiger charge is -2.46. The fourth-order valence-corrected chi connectivity index (χ4v) is 5.64. The van der Waals surface area contributed by atoms with Gasteiger partial charge in [0.25, 0.3) is 0 Å². The Morgan fingerprint density at radius 2 is 1.91 bits per heavy atom. The van der Waals surface area contributed by atoms with Gasteiger partial charge in [0.05, 0.1) is 13.1 Å². The summed E-state index contributed by atoms with van der Waals surface area (Å²) in [6, 6.07) is 7.95. The first kappa shape index (κ1) is 19.5. The normalized spacial score (nSPS) is 22.5. The second kappa shape index (κ2) is 7.48. The molecule has 2 saturated heterocycles. The third-order valence-electron chi connectivity index (χ3n) is 7.48. The van der Waals surface area contributed by atoms with Crippen LogP contribution in [-0.4, -0.2) is 72.8 Å². The number of rotatable bonds is 3. The third-order valence-corrected chi connectivity index (χ3v) is 7.48. The van der Waals surface area contributed by atoms with Crippen molar-refractivity contribution in [2.75, 3.05) is 19.6 Å². The molecule has 1 atom stereocenters. The standard InChI is InChI=1S/C24H28N6O2/c1-27-11-8-25-22(27)14-28-9-6-16(7-10-28)29-15-23(31)30-13-20-18(12-21(30)24(29)32)17-4-2-3-5-19(17)26-20/h2-5,8,11,16,21,26H,6-7,9-10,12-15H2,1H3/t21-/m1/s1. The Balaban J connectivity index is 1.17. The number of aromatic amines is 1. The molecule has 166 valence electrons. The molecule has 3 aromatic rings. The van der Waals surface area contributed by atoms with Gasteiger partial charge in [0, 0.05) is 61.6 Å². The molecular formula is C24H28N6O2. The first-order chi connectivity index (χ1) is 15.6. The summed E-state index contributed by atoms with van der Waals surface area (Å²) >= 11 is 0. The van der Waals surface area contributed by atoms with E-state index in [1.54, 1.807) is 4.90 Å². The van der Waals surface area contributed by atoms with E-state index >= 15 is 0 Å². The van der Waals surface area contributed by atoms with Crippen LogP contribution in [0.5, 0.6) is 0 Å². The van der Waals surface area contributed by atoms with Gasteiger partial charge in [-0.25, -0.2) is 4.98 Å². The summed E-state index contributed by atoms with van der Waals surface area (Å²) in [5.41, 5.74) is 3.34. The number of hydrogen-bond acceptors (Lipinski definition) is 4. The number of piperidine rings is 1. The maximum absolute atomic E-state index is 13.5. The molecule has 6 rings (SSSR count). The van der Waals surface area contributed by atoms with E-state index in [0.29, 0.717) is 13.0 Å². The van der Waals surface area contributed by atoms with Gasteiger partial charge in [-0.3, -0.25) is 14.5 Å². The molecule has 2 fully saturated rings. The summed E-state index contributed by atoms with van der Waals surface area (Å²) in [7, 11) is 2.02. The lowest BCUT2D eigenvalue weighted by Crippen LogP contribution is -2.64. The van der Waals surface area contributed by atoms with E-state index in [4.69, 9.17) is 0 Å². The second-order valence-corrected chi connectivity index (χ2v) is 9.30. The van der Waals surface area contributed by atoms with Crippen LogP contribution in [0.15, 0.2) is 36.7 Å². The molecule has 2 amide bonds. The monoisotopic (exact) mass is 432 g/mol. The van der Waals surface area contributed by atoms with Gasteiger partial charge in [0.2, 0.25) is 11.8 Å². The quantitative estimate of drug-likeness (QED) is 0.683. The Bertz CT molecular complexity index is 1190. The van der Waals surface area contributed by atoms with Crippen molar-refractivity contribution in [3.63, 3.8) is 0 Å². The number of fused-ring (bicyclic) bond motifs is 4. The fraction of sp³-hybridized carbons (Fsp3) is 0.458. The molecule has 0 aliphatic carbocycles. The van der Waals surface area contributed by atoms with E-state index in [2.05, 4.69) is 31.6 Å². The lowest BCUT2D eigenvalue weighted by molar-refractivity contribution is -0.160. The summed E-state index contributed by atoms with van der Waals surface area (Å²) in [6.07, 6.45) is 6.19. The van der Waals surface area contributed by atoms with Gasteiger partial charge in [0.15, 0.2) is 0 Å². The number of aromatic nitrogens is 3. The number of hydrogen-bond donors (Lipinski definition) is 1. The molecule has 32 heavy (non-hydrogen) atoms. The molecule has 2 aromatic heterocycles. The topological polar surface area (TPSA) is 77.5 Å². The molecule has 1 aromatic carbocycles. The molecule has 3 aliphatic heterocycles. The number of carbonyl (C=O) groups is 2. The Labute approximate surface area is 186 Å². The van der Waals surface area contributed by atoms with Gasteiger partial charge >= 0.3 is 0 Å². The van der Waals surface area contributed by atoms with Crippen LogP contribution in [0.2, 0.25) is 0 Å². The zero-order chi connectivity index (χ0) is 21.8. The van der Waals surface area contributed by atoms with Crippen LogP contribution >= 0.6 is 0 Å². The first-order valence-electron chi connectivity index (χ1n) is 11.5. The predicted molar refractivity (Wildman–Crippen MR) is 120 cm³/mol. The number of imidazole rings is 1. The molecule has 0 spiro atoms. The van der Waals surface area contributed by atoms with Crippen LogP contribution in [0.25, 0.3) is 10.9 Å². The SMILES string of the molecule is Cn1ccnc1CN1CCC(N2CC(=O)N3Cc4[nH]c5ccccc5c4C[C@@H]3C2=O)CC1. The zero-order valence-corrected chi connectivity index (χ0v) is 18.3. The van der Waals surface area contributed by atoms with Gasteiger partial charge in [-0.2, -0.15) is 0 Å². The van der Waals surface area contributed by atoms with Crippen molar-refractivity contribution in [1.29, 1.82) is 0 Å². The highest BCUT2D eigenvalue weighted by molar-refractivity contribution is 5.97. The molecule has 0 unspecified atom stereocenters. The number of nitrogens with zero attached hydrogens (tertiary/aromatic N) is 5. The molecule has 8 heteroatoms. The summed E-state index contributed by atoms with van der Waals surface area (Å²) in [6.45, 7) is 3.35. The van der Waals surface area contributed by atoms with E-state index in [9.17, 15) is 9.59 Å². The highest BCUT2D eigenvalue weighted by Gasteiger charge is 2.45. The molecule has 0 radical (unpaired) electrons. The Kier molecular flexibility index (Phi) is 4.57. The Morgan fingerprint density at radius 1 is 1.09 bits per heavy atom. The first-order valence-corrected chi connectivity index (χ1v) is 11.5. The summed E-state index contributed by atoms with van der Waals surface area (Å²) in [5.74, 6) is 1.23. The number of H-pyrrole nitrogens is 1. The van der Waals surface area contributed by atoms with E-state index in [1.165, 1.54) is 10.9 Å². The zero-order valence-electron chi connectivity index (χ0n) is 18.3. The van der Waals surface area contributed by atoms with E-state index in [-0.39, 0.29) is 30.4 Å². The number of benzene rings is 1. The van der Waals surface area contributed by atoms with Crippen LogP contribution in [0.4, 0.5) is 0 Å². The van der Waals surface area contributed by atoms with Crippen molar-refractivity contribution in [2.24, 2.45) is 7.05 Å². The average Bonchev–Trinajstić information content (AvgIpc) is 3.38. The van der Waals surface area contributed by atoms with Crippen LogP contribution in [0, 0.1) is 0 Å². The average molecular weight is 433 g/mol. The second-order valence-electron chi connectivity index (χ2n) is 9.30. The number of amides is 2. The molecule has 0 bridgehead atoms. The fourth-order valence-electron chi connectivity index (χ4n) is 5.64. The smallest absolute Gasteiger partial charge is 0.246 e. The van der Waals surface area contributed by atoms with Crippen molar-refractivity contribution in [1.82, 2.24) is 29.2 Å². The number of para-hydroxylation sites is 1. The van der Waals surface area contributed by atoms with Gasteiger partial charge in [-0.15, -0.1) is 0 Å². The number of piperazine rings is 1. The van der Waals surface area contributed by atoms with Crippen molar-refractivity contribution in [3.8, 4) is 0 Å². The van der Waals surface area contributed by atoms with Crippen molar-refractivity contribution < 1.29 is 9.59 Å². The molecular weight excluding hydrogens is 404 g/mol. The van der Waals surface area contributed by atoms with Gasteiger partial charge < -0.3 is 19.4 Å². The molecule has 3 aliphatic rings. The minimum atomic E-state index is -0.381. The number of carbonyl (C=O) groups excluding carboxylic acids is 2. The molecule has 1 N–H and O–H groups in total. The molecule has 8 nitrogen and oxygen atoms in total. The lowest BCUT2D eigenvalue weighted by atomic mass is 9.92. The number of aryl methyl sites for hydroxylation is 1. The van der Waals surface area contributed by atoms with E-state index in [0.717, 1.165) is 49.5 Å². The van der Waals surface area contributed by atoms with Crippen LogP contribution in [0.3, 0.4) is 0 Å². The predicted octanol–water partition coefficient (Wildman–Crippen LogP) is 1.66. The minimum absolute atomic E-state index is 0.0642. The van der Waals surface area contributed by atoms with E-state index < -0.39 is 0 Å². The summed E-state index contributed by atoms with van der Waals surface area (Å²) in [5, 5.41) is 1.17. The van der Waals surface area contributed by atoms with Gasteiger partial charge in [0.1, 0.15) is 18.4 Å². The van der Waals surface area contributed by atoms with Crippen LogP contribution in [0.1, 0.15) is 29.9 Å². The van der Waals surface area contributed by atoms with Crippen molar-refractivity contribution in [2.45, 2.75) is 44.4 Å². The Hall–Kier alpha value is -3.13. The summed E-state index contributed by atoms with van der Waals surface area (Å²) in [4.78, 5) is 40.5. The Morgan fingerprint density at radius 3 is 2.69 bits per heavy atom. The van der Waals surface area contributed by atoms with Crippen LogP contribution < -0.4 is 0 Å². The number of likely N-dealkylation sites (tertiary alicyclic amines) is 1. The minimum Gasteiger partial charge on any atom is -0.357 e. The highest BCUT2D eigenvalue weighted by Crippen LogP contribution is 2.33. The highest BCUT2D eigenvalue weighted by atomic mass is 16.2. The third kappa shape index (κ3) is 3.12. The number of nitrogens with one attached hydrogen (secondary N) is 1. The largest absolute Gasteiger partial charge is 0.357 e. The maximum atomic E-state index is 13.5. The van der Waals surface area contributed by atoms with Crippen LogP contribution in [-0.2, 0) is 36.1 Å². The summed E-state index contributed by atoms with van der Waals surface area (Å²) < 4.78 is 2.05. The van der Waals surface area contributed by atoms with Crippen molar-refractivity contribution in [3.05, 3.63) is 53.7 Å². The molecule has 5 heterocycles. The van der Waals surface area contributed by atoms with Crippen molar-refractivity contribution >= 4 is 22.7 Å². The van der Waals surface area contributed by atoms with Gasteiger partial charge in [-0.05, 0) is 24.5 Å². The van der Waals surface area contributed by atoms with Gasteiger partial charge in [-0.1, -0.05) is 18.2 Å². The molecule has 0 saturated carbocycles.